The molecule has 1 amide bonds. The second kappa shape index (κ2) is 9.07. The summed E-state index contributed by atoms with van der Waals surface area (Å²) in [6.45, 7) is 4.34. The molecule has 1 aromatic heterocycles. The van der Waals surface area contributed by atoms with Gasteiger partial charge in [0.2, 0.25) is 0 Å². The number of hydrogen-bond acceptors (Lipinski definition) is 6. The van der Waals surface area contributed by atoms with Crippen molar-refractivity contribution in [3.05, 3.63) is 63.6 Å². The zero-order chi connectivity index (χ0) is 21.1. The Labute approximate surface area is 178 Å². The summed E-state index contributed by atoms with van der Waals surface area (Å²) in [4.78, 5) is 30.3. The molecule has 0 radical (unpaired) electrons. The molecule has 2 aliphatic heterocycles. The molecule has 0 unspecified atom stereocenters. The molecule has 0 bridgehead atoms. The van der Waals surface area contributed by atoms with Crippen molar-refractivity contribution in [1.82, 2.24) is 9.80 Å². The van der Waals surface area contributed by atoms with Gasteiger partial charge in [0.25, 0.3) is 11.7 Å². The van der Waals surface area contributed by atoms with E-state index in [-0.39, 0.29) is 11.3 Å². The van der Waals surface area contributed by atoms with Gasteiger partial charge in [0, 0.05) is 36.6 Å². The predicted molar refractivity (Wildman–Crippen MR) is 112 cm³/mol. The molecule has 0 saturated carbocycles. The molecule has 0 aliphatic carbocycles. The first-order valence-corrected chi connectivity index (χ1v) is 10.8. The molecule has 2 aromatic rings. The van der Waals surface area contributed by atoms with Crippen LogP contribution in [0.2, 0.25) is 0 Å². The van der Waals surface area contributed by atoms with E-state index in [1.807, 2.05) is 17.5 Å². The molecule has 3 heterocycles. The van der Waals surface area contributed by atoms with Crippen LogP contribution in [0.25, 0.3) is 5.76 Å². The van der Waals surface area contributed by atoms with Crippen LogP contribution in [0.4, 0.5) is 4.39 Å². The van der Waals surface area contributed by atoms with E-state index >= 15 is 0 Å². The number of rotatable bonds is 6. The lowest BCUT2D eigenvalue weighted by Crippen LogP contribution is -2.38. The van der Waals surface area contributed by atoms with Crippen LogP contribution in [-0.2, 0) is 14.3 Å². The number of aliphatic hydroxyl groups is 1. The summed E-state index contributed by atoms with van der Waals surface area (Å²) in [6.07, 6.45) is 0.714. The first kappa shape index (κ1) is 20.7. The van der Waals surface area contributed by atoms with Gasteiger partial charge >= 0.3 is 0 Å². The number of benzene rings is 1. The Balaban J connectivity index is 1.61. The van der Waals surface area contributed by atoms with Crippen molar-refractivity contribution < 1.29 is 23.8 Å². The van der Waals surface area contributed by atoms with Crippen LogP contribution in [0.3, 0.4) is 0 Å². The lowest BCUT2D eigenvalue weighted by Gasteiger charge is -2.28. The monoisotopic (exact) mass is 430 g/mol. The molecule has 1 atom stereocenters. The quantitative estimate of drug-likeness (QED) is 0.433. The van der Waals surface area contributed by atoms with Crippen molar-refractivity contribution in [1.29, 1.82) is 0 Å². The van der Waals surface area contributed by atoms with Crippen molar-refractivity contribution >= 4 is 28.8 Å². The predicted octanol–water partition coefficient (Wildman–Crippen LogP) is 3.03. The number of hydrogen-bond donors (Lipinski definition) is 1. The fourth-order valence-electron chi connectivity index (χ4n) is 3.91. The average molecular weight is 431 g/mol. The topological polar surface area (TPSA) is 70.1 Å². The highest BCUT2D eigenvalue weighted by Crippen LogP contribution is 2.41. The molecular weight excluding hydrogens is 407 g/mol. The first-order chi connectivity index (χ1) is 14.6. The van der Waals surface area contributed by atoms with E-state index in [1.165, 1.54) is 35.6 Å². The SMILES string of the molecule is O=C1C(=O)N(CCCN2CCOCC2)[C@@H](c2cccs2)/C1=C(\O)c1ccc(F)cc1. The minimum atomic E-state index is -0.707. The highest BCUT2D eigenvalue weighted by atomic mass is 32.1. The van der Waals surface area contributed by atoms with E-state index in [0.29, 0.717) is 31.7 Å². The Bertz CT molecular complexity index is 937. The lowest BCUT2D eigenvalue weighted by atomic mass is 10.00. The van der Waals surface area contributed by atoms with Crippen molar-refractivity contribution in [2.45, 2.75) is 12.5 Å². The van der Waals surface area contributed by atoms with E-state index < -0.39 is 23.5 Å². The molecule has 30 heavy (non-hydrogen) atoms. The number of likely N-dealkylation sites (tertiary alicyclic amines) is 1. The molecule has 4 rings (SSSR count). The maximum Gasteiger partial charge on any atom is 0.295 e. The average Bonchev–Trinajstić information content (AvgIpc) is 3.37. The molecule has 8 heteroatoms. The number of carbonyl (C=O) groups excluding carboxylic acids is 2. The van der Waals surface area contributed by atoms with Gasteiger partial charge < -0.3 is 14.7 Å². The second-order valence-corrected chi connectivity index (χ2v) is 8.30. The van der Waals surface area contributed by atoms with Crippen LogP contribution >= 0.6 is 11.3 Å². The molecule has 1 aromatic carbocycles. The Morgan fingerprint density at radius 1 is 1.13 bits per heavy atom. The van der Waals surface area contributed by atoms with Gasteiger partial charge in [-0.1, -0.05) is 6.07 Å². The normalized spacial score (nSPS) is 22.0. The molecule has 6 nitrogen and oxygen atoms in total. The van der Waals surface area contributed by atoms with Crippen molar-refractivity contribution in [3.8, 4) is 0 Å². The van der Waals surface area contributed by atoms with Crippen molar-refractivity contribution in [2.75, 3.05) is 39.4 Å². The third kappa shape index (κ3) is 4.16. The molecule has 1 N–H and O–H groups in total. The van der Waals surface area contributed by atoms with Crippen LogP contribution in [0.15, 0.2) is 47.4 Å². The van der Waals surface area contributed by atoms with Gasteiger partial charge in [-0.3, -0.25) is 14.5 Å². The lowest BCUT2D eigenvalue weighted by molar-refractivity contribution is -0.140. The molecule has 2 fully saturated rings. The summed E-state index contributed by atoms with van der Waals surface area (Å²) in [6, 6.07) is 8.31. The van der Waals surface area contributed by atoms with Gasteiger partial charge in [0.15, 0.2) is 0 Å². The van der Waals surface area contributed by atoms with Crippen LogP contribution in [-0.4, -0.2) is 66.0 Å². The minimum Gasteiger partial charge on any atom is -0.507 e. The largest absolute Gasteiger partial charge is 0.507 e. The summed E-state index contributed by atoms with van der Waals surface area (Å²) in [5.41, 5.74) is 0.365. The van der Waals surface area contributed by atoms with Gasteiger partial charge in [-0.2, -0.15) is 0 Å². The van der Waals surface area contributed by atoms with E-state index in [2.05, 4.69) is 4.90 Å². The highest BCUT2D eigenvalue weighted by molar-refractivity contribution is 7.10. The number of ketones is 1. The summed E-state index contributed by atoms with van der Waals surface area (Å²) in [5, 5.41) is 12.7. The maximum atomic E-state index is 13.3. The number of morpholine rings is 1. The number of halogens is 1. The van der Waals surface area contributed by atoms with Crippen molar-refractivity contribution in [3.63, 3.8) is 0 Å². The van der Waals surface area contributed by atoms with E-state index in [1.54, 1.807) is 4.90 Å². The summed E-state index contributed by atoms with van der Waals surface area (Å²) < 4.78 is 18.6. The fourth-order valence-corrected chi connectivity index (χ4v) is 4.75. The maximum absolute atomic E-state index is 13.3. The summed E-state index contributed by atoms with van der Waals surface area (Å²) >= 11 is 1.43. The van der Waals surface area contributed by atoms with Crippen LogP contribution < -0.4 is 0 Å². The smallest absolute Gasteiger partial charge is 0.295 e. The molecular formula is C22H23FN2O4S. The third-order valence-electron chi connectivity index (χ3n) is 5.45. The summed E-state index contributed by atoms with van der Waals surface area (Å²) in [7, 11) is 0. The van der Waals surface area contributed by atoms with E-state index in [0.717, 1.165) is 24.5 Å². The molecule has 2 aliphatic rings. The Hall–Kier alpha value is -2.55. The van der Waals surface area contributed by atoms with Gasteiger partial charge in [-0.15, -0.1) is 11.3 Å². The number of thiophene rings is 1. The van der Waals surface area contributed by atoms with Gasteiger partial charge in [0.05, 0.1) is 24.8 Å². The number of ether oxygens (including phenoxy) is 1. The molecule has 158 valence electrons. The molecule has 2 saturated heterocycles. The molecule has 0 spiro atoms. The van der Waals surface area contributed by atoms with Gasteiger partial charge in [0.1, 0.15) is 11.6 Å². The van der Waals surface area contributed by atoms with Crippen LogP contribution in [0.1, 0.15) is 22.9 Å². The number of Topliss-reactive ketones (excluding diaryl/α,β-unsaturated/α-hetero) is 1. The zero-order valence-electron chi connectivity index (χ0n) is 16.4. The zero-order valence-corrected chi connectivity index (χ0v) is 17.2. The number of amides is 1. The van der Waals surface area contributed by atoms with Crippen LogP contribution in [0.5, 0.6) is 0 Å². The van der Waals surface area contributed by atoms with Gasteiger partial charge in [-0.05, 0) is 42.1 Å². The van der Waals surface area contributed by atoms with Crippen molar-refractivity contribution in [2.24, 2.45) is 0 Å². The number of carbonyl (C=O) groups is 2. The Kier molecular flexibility index (Phi) is 6.26. The third-order valence-corrected chi connectivity index (χ3v) is 6.37. The Morgan fingerprint density at radius 3 is 2.53 bits per heavy atom. The fraction of sp³-hybridized carbons (Fsp3) is 0.364. The van der Waals surface area contributed by atoms with Crippen LogP contribution in [0, 0.1) is 5.82 Å². The number of aliphatic hydroxyl groups excluding tert-OH is 1. The van der Waals surface area contributed by atoms with E-state index in [4.69, 9.17) is 4.74 Å². The second-order valence-electron chi connectivity index (χ2n) is 7.32. The van der Waals surface area contributed by atoms with E-state index in [9.17, 15) is 19.1 Å². The first-order valence-electron chi connectivity index (χ1n) is 9.94. The number of nitrogens with zero attached hydrogens (tertiary/aromatic N) is 2. The summed E-state index contributed by atoms with van der Waals surface area (Å²) in [5.74, 6) is -2.03. The van der Waals surface area contributed by atoms with Gasteiger partial charge in [-0.25, -0.2) is 4.39 Å². The standard InChI is InChI=1S/C22H23FN2O4S/c23-16-6-4-15(5-7-16)20(26)18-19(17-3-1-14-30-17)25(22(28)21(18)27)9-2-8-24-10-12-29-13-11-24/h1,3-7,14,19,26H,2,8-13H2/b20-18+/t19-/m0/s1. The Morgan fingerprint density at radius 2 is 1.87 bits per heavy atom. The minimum absolute atomic E-state index is 0.0560. The highest BCUT2D eigenvalue weighted by Gasteiger charge is 2.46.